The molecule has 0 saturated heterocycles. The van der Waals surface area contributed by atoms with Gasteiger partial charge in [0.05, 0.1) is 9.86 Å². The van der Waals surface area contributed by atoms with Gasteiger partial charge in [0.1, 0.15) is 17.1 Å². The first-order valence-corrected chi connectivity index (χ1v) is 4.36. The minimum atomic E-state index is 0.247. The predicted octanol–water partition coefficient (Wildman–Crippen LogP) is 3.21. The SMILES string of the molecule is Cc1oc2cccc(O)c2c1Br. The molecule has 0 saturated carbocycles. The lowest BCUT2D eigenvalue weighted by Gasteiger charge is -1.91. The molecule has 2 rings (SSSR count). The van der Waals surface area contributed by atoms with Gasteiger partial charge in [0.15, 0.2) is 0 Å². The van der Waals surface area contributed by atoms with Gasteiger partial charge in [-0.2, -0.15) is 0 Å². The van der Waals surface area contributed by atoms with E-state index >= 15 is 0 Å². The first-order valence-electron chi connectivity index (χ1n) is 3.56. The van der Waals surface area contributed by atoms with E-state index in [-0.39, 0.29) is 5.75 Å². The van der Waals surface area contributed by atoms with Crippen molar-refractivity contribution >= 4 is 26.9 Å². The highest BCUT2D eigenvalue weighted by atomic mass is 79.9. The number of hydrogen-bond donors (Lipinski definition) is 1. The smallest absolute Gasteiger partial charge is 0.139 e. The van der Waals surface area contributed by atoms with E-state index in [0.717, 1.165) is 15.6 Å². The van der Waals surface area contributed by atoms with Crippen LogP contribution < -0.4 is 0 Å². The number of aryl methyl sites for hydroxylation is 1. The van der Waals surface area contributed by atoms with Gasteiger partial charge in [-0.25, -0.2) is 0 Å². The minimum absolute atomic E-state index is 0.247. The van der Waals surface area contributed by atoms with Crippen LogP contribution in [0.1, 0.15) is 5.76 Å². The van der Waals surface area contributed by atoms with Crippen molar-refractivity contribution in [3.8, 4) is 5.75 Å². The Balaban J connectivity index is 2.97. The van der Waals surface area contributed by atoms with Crippen LogP contribution in [-0.2, 0) is 0 Å². The Kier molecular flexibility index (Phi) is 1.61. The highest BCUT2D eigenvalue weighted by Gasteiger charge is 2.10. The third-order valence-electron chi connectivity index (χ3n) is 1.80. The average Bonchev–Trinajstić information content (AvgIpc) is 2.29. The van der Waals surface area contributed by atoms with Crippen LogP contribution in [0.4, 0.5) is 0 Å². The second kappa shape index (κ2) is 2.52. The molecule has 0 fully saturated rings. The average molecular weight is 227 g/mol. The molecule has 0 amide bonds. The second-order valence-electron chi connectivity index (χ2n) is 2.62. The van der Waals surface area contributed by atoms with E-state index in [1.54, 1.807) is 12.1 Å². The van der Waals surface area contributed by atoms with Crippen molar-refractivity contribution in [1.29, 1.82) is 0 Å². The third-order valence-corrected chi connectivity index (χ3v) is 2.75. The molecular formula is C9H7BrO2. The van der Waals surface area contributed by atoms with E-state index in [2.05, 4.69) is 15.9 Å². The first-order chi connectivity index (χ1) is 5.70. The molecule has 0 aliphatic carbocycles. The molecule has 0 aliphatic rings. The van der Waals surface area contributed by atoms with Gasteiger partial charge >= 0.3 is 0 Å². The van der Waals surface area contributed by atoms with Crippen LogP contribution in [0.3, 0.4) is 0 Å². The van der Waals surface area contributed by atoms with Crippen LogP contribution in [0.15, 0.2) is 27.1 Å². The zero-order valence-corrected chi connectivity index (χ0v) is 8.05. The van der Waals surface area contributed by atoms with Crippen molar-refractivity contribution in [2.24, 2.45) is 0 Å². The number of benzene rings is 1. The first kappa shape index (κ1) is 7.68. The van der Waals surface area contributed by atoms with Crippen LogP contribution in [0, 0.1) is 6.92 Å². The number of aromatic hydroxyl groups is 1. The summed E-state index contributed by atoms with van der Waals surface area (Å²) in [6.45, 7) is 1.85. The quantitative estimate of drug-likeness (QED) is 0.749. The molecule has 1 heterocycles. The Morgan fingerprint density at radius 1 is 1.42 bits per heavy atom. The molecule has 1 aromatic carbocycles. The monoisotopic (exact) mass is 226 g/mol. The van der Waals surface area contributed by atoms with Crippen LogP contribution >= 0.6 is 15.9 Å². The topological polar surface area (TPSA) is 33.4 Å². The number of phenolic OH excluding ortho intramolecular Hbond substituents is 1. The predicted molar refractivity (Wildman–Crippen MR) is 50.3 cm³/mol. The zero-order valence-electron chi connectivity index (χ0n) is 6.47. The largest absolute Gasteiger partial charge is 0.507 e. The zero-order chi connectivity index (χ0) is 8.72. The highest BCUT2D eigenvalue weighted by Crippen LogP contribution is 2.35. The Bertz CT molecular complexity index is 431. The summed E-state index contributed by atoms with van der Waals surface area (Å²) >= 11 is 3.35. The van der Waals surface area contributed by atoms with Gasteiger partial charge in [-0.05, 0) is 35.0 Å². The molecular weight excluding hydrogens is 220 g/mol. The van der Waals surface area contributed by atoms with Gasteiger partial charge in [-0.15, -0.1) is 0 Å². The molecule has 1 aromatic heterocycles. The number of hydrogen-bond acceptors (Lipinski definition) is 2. The minimum Gasteiger partial charge on any atom is -0.507 e. The fraction of sp³-hybridized carbons (Fsp3) is 0.111. The molecule has 0 spiro atoms. The van der Waals surface area contributed by atoms with Crippen molar-refractivity contribution in [2.45, 2.75) is 6.92 Å². The third kappa shape index (κ3) is 0.932. The summed E-state index contributed by atoms with van der Waals surface area (Å²) in [5, 5.41) is 10.2. The van der Waals surface area contributed by atoms with E-state index in [1.165, 1.54) is 0 Å². The van der Waals surface area contributed by atoms with Crippen molar-refractivity contribution in [3.05, 3.63) is 28.4 Å². The number of furan rings is 1. The summed E-state index contributed by atoms with van der Waals surface area (Å²) < 4.78 is 6.20. The Morgan fingerprint density at radius 2 is 2.17 bits per heavy atom. The lowest BCUT2D eigenvalue weighted by molar-refractivity contribution is 0.481. The molecule has 0 aliphatic heterocycles. The van der Waals surface area contributed by atoms with Crippen LogP contribution in [-0.4, -0.2) is 5.11 Å². The Hall–Kier alpha value is -0.960. The number of halogens is 1. The molecule has 12 heavy (non-hydrogen) atoms. The summed E-state index contributed by atoms with van der Waals surface area (Å²) in [5.41, 5.74) is 0.708. The molecule has 62 valence electrons. The maximum atomic E-state index is 9.48. The van der Waals surface area contributed by atoms with Gasteiger partial charge in [0.2, 0.25) is 0 Å². The van der Waals surface area contributed by atoms with E-state index in [0.29, 0.717) is 5.58 Å². The highest BCUT2D eigenvalue weighted by molar-refractivity contribution is 9.10. The van der Waals surface area contributed by atoms with Crippen LogP contribution in [0.25, 0.3) is 11.0 Å². The molecule has 0 bridgehead atoms. The second-order valence-corrected chi connectivity index (χ2v) is 3.42. The molecule has 0 atom stereocenters. The normalized spacial score (nSPS) is 10.8. The van der Waals surface area contributed by atoms with Crippen LogP contribution in [0.5, 0.6) is 5.75 Å². The Labute approximate surface area is 77.9 Å². The van der Waals surface area contributed by atoms with Gasteiger partial charge in [0, 0.05) is 0 Å². The summed E-state index contributed by atoms with van der Waals surface area (Å²) in [6, 6.07) is 5.22. The van der Waals surface area contributed by atoms with Gasteiger partial charge in [0.25, 0.3) is 0 Å². The standard InChI is InChI=1S/C9H7BrO2/c1-5-9(10)8-6(11)3-2-4-7(8)12-5/h2-4,11H,1H3. The molecule has 0 unspecified atom stereocenters. The van der Waals surface area contributed by atoms with E-state index in [1.807, 2.05) is 13.0 Å². The molecule has 3 heteroatoms. The lowest BCUT2D eigenvalue weighted by Crippen LogP contribution is -1.67. The molecule has 0 radical (unpaired) electrons. The van der Waals surface area contributed by atoms with Gasteiger partial charge in [-0.1, -0.05) is 6.07 Å². The number of phenols is 1. The summed E-state index contributed by atoms with van der Waals surface area (Å²) in [4.78, 5) is 0. The van der Waals surface area contributed by atoms with E-state index in [9.17, 15) is 5.11 Å². The Morgan fingerprint density at radius 3 is 2.83 bits per heavy atom. The van der Waals surface area contributed by atoms with Crippen molar-refractivity contribution in [3.63, 3.8) is 0 Å². The van der Waals surface area contributed by atoms with Crippen molar-refractivity contribution < 1.29 is 9.52 Å². The summed E-state index contributed by atoms with van der Waals surface area (Å²) in [6.07, 6.45) is 0. The molecule has 2 aromatic rings. The number of rotatable bonds is 0. The summed E-state index contributed by atoms with van der Waals surface area (Å²) in [7, 11) is 0. The maximum absolute atomic E-state index is 9.48. The fourth-order valence-corrected chi connectivity index (χ4v) is 1.69. The van der Waals surface area contributed by atoms with Crippen LogP contribution in [0.2, 0.25) is 0 Å². The van der Waals surface area contributed by atoms with E-state index in [4.69, 9.17) is 4.42 Å². The van der Waals surface area contributed by atoms with Gasteiger partial charge < -0.3 is 9.52 Å². The van der Waals surface area contributed by atoms with Crippen molar-refractivity contribution in [1.82, 2.24) is 0 Å². The summed E-state index contributed by atoms with van der Waals surface area (Å²) in [5.74, 6) is 1.03. The molecule has 2 nitrogen and oxygen atoms in total. The lowest BCUT2D eigenvalue weighted by atomic mass is 10.2. The van der Waals surface area contributed by atoms with E-state index < -0.39 is 0 Å². The molecule has 1 N–H and O–H groups in total. The van der Waals surface area contributed by atoms with Crippen molar-refractivity contribution in [2.75, 3.05) is 0 Å². The maximum Gasteiger partial charge on any atom is 0.139 e. The number of fused-ring (bicyclic) bond motifs is 1. The fourth-order valence-electron chi connectivity index (χ4n) is 1.21. The van der Waals surface area contributed by atoms with Gasteiger partial charge in [-0.3, -0.25) is 0 Å².